The van der Waals surface area contributed by atoms with Gasteiger partial charge in [0.1, 0.15) is 12.4 Å². The van der Waals surface area contributed by atoms with Crippen molar-refractivity contribution in [2.45, 2.75) is 20.1 Å². The van der Waals surface area contributed by atoms with E-state index in [0.717, 1.165) is 11.4 Å². The van der Waals surface area contributed by atoms with Crippen LogP contribution in [-0.2, 0) is 13.2 Å². The molecule has 0 aliphatic heterocycles. The van der Waals surface area contributed by atoms with Gasteiger partial charge in [-0.25, -0.2) is 0 Å². The average Bonchev–Trinajstić information content (AvgIpc) is 2.84. The van der Waals surface area contributed by atoms with Gasteiger partial charge < -0.3 is 10.5 Å². The number of benzene rings is 1. The first kappa shape index (κ1) is 13.1. The van der Waals surface area contributed by atoms with E-state index in [1.54, 1.807) is 17.5 Å². The topological polar surface area (TPSA) is 48.1 Å². The van der Waals surface area contributed by atoms with Crippen LogP contribution in [0.5, 0.6) is 5.75 Å². The Morgan fingerprint density at radius 2 is 2.05 bits per heavy atom. The minimum Gasteiger partial charge on any atom is -0.487 e. The predicted octanol–water partition coefficient (Wildman–Crippen LogP) is 3.64. The molecule has 0 saturated heterocycles. The number of nitrogens with zero attached hydrogens (tertiary/aromatic N) is 1. The van der Waals surface area contributed by atoms with Crippen LogP contribution in [0.15, 0.2) is 42.6 Å². The van der Waals surface area contributed by atoms with Crippen LogP contribution in [0.2, 0.25) is 0 Å². The van der Waals surface area contributed by atoms with Crippen molar-refractivity contribution < 1.29 is 4.74 Å². The molecule has 0 saturated carbocycles. The maximum atomic E-state index is 5.85. The number of aromatic nitrogens is 1. The molecule has 1 aromatic carbocycles. The number of hydrogen-bond donors (Lipinski definition) is 1. The van der Waals surface area contributed by atoms with Crippen LogP contribution >= 0.6 is 11.3 Å². The van der Waals surface area contributed by atoms with Crippen LogP contribution < -0.4 is 10.5 Å². The standard InChI is InChI=1S/C16H16N2OS/c1-11-6-7-12(9-18-11)19-10-14-13-4-2-3-5-15(13)20-16(14)8-17/h2-7,9H,8,10,17H2,1H3. The zero-order chi connectivity index (χ0) is 13.9. The summed E-state index contributed by atoms with van der Waals surface area (Å²) in [7, 11) is 0. The van der Waals surface area contributed by atoms with Crippen LogP contribution in [0, 0.1) is 6.92 Å². The maximum Gasteiger partial charge on any atom is 0.138 e. The third-order valence-electron chi connectivity index (χ3n) is 3.23. The van der Waals surface area contributed by atoms with E-state index in [2.05, 4.69) is 17.1 Å². The van der Waals surface area contributed by atoms with E-state index in [1.165, 1.54) is 20.5 Å². The largest absolute Gasteiger partial charge is 0.487 e. The number of aryl methyl sites for hydroxylation is 1. The van der Waals surface area contributed by atoms with E-state index in [0.29, 0.717) is 13.2 Å². The molecule has 2 aromatic heterocycles. The van der Waals surface area contributed by atoms with Gasteiger partial charge in [0.05, 0.1) is 6.20 Å². The lowest BCUT2D eigenvalue weighted by molar-refractivity contribution is 0.305. The van der Waals surface area contributed by atoms with Crippen molar-refractivity contribution in [2.75, 3.05) is 0 Å². The van der Waals surface area contributed by atoms with Gasteiger partial charge in [-0.15, -0.1) is 11.3 Å². The summed E-state index contributed by atoms with van der Waals surface area (Å²) >= 11 is 1.74. The van der Waals surface area contributed by atoms with Crippen molar-refractivity contribution >= 4 is 21.4 Å². The summed E-state index contributed by atoms with van der Waals surface area (Å²) in [5, 5.41) is 1.23. The first-order chi connectivity index (χ1) is 9.78. The third-order valence-corrected chi connectivity index (χ3v) is 4.47. The van der Waals surface area contributed by atoms with E-state index in [1.807, 2.05) is 31.2 Å². The van der Waals surface area contributed by atoms with Gasteiger partial charge in [0, 0.05) is 27.4 Å². The van der Waals surface area contributed by atoms with Crippen molar-refractivity contribution in [3.05, 3.63) is 58.7 Å². The molecule has 0 fully saturated rings. The van der Waals surface area contributed by atoms with Crippen LogP contribution in [0.3, 0.4) is 0 Å². The van der Waals surface area contributed by atoms with Crippen LogP contribution in [0.25, 0.3) is 10.1 Å². The van der Waals surface area contributed by atoms with Gasteiger partial charge in [-0.05, 0) is 30.5 Å². The molecule has 102 valence electrons. The van der Waals surface area contributed by atoms with E-state index >= 15 is 0 Å². The highest BCUT2D eigenvalue weighted by molar-refractivity contribution is 7.19. The number of fused-ring (bicyclic) bond motifs is 1. The monoisotopic (exact) mass is 284 g/mol. The van der Waals surface area contributed by atoms with Gasteiger partial charge in [0.25, 0.3) is 0 Å². The Kier molecular flexibility index (Phi) is 3.67. The molecule has 20 heavy (non-hydrogen) atoms. The second-order valence-electron chi connectivity index (χ2n) is 4.63. The molecule has 0 amide bonds. The van der Waals surface area contributed by atoms with Crippen LogP contribution in [0.1, 0.15) is 16.1 Å². The molecule has 0 aliphatic carbocycles. The van der Waals surface area contributed by atoms with Crippen LogP contribution in [0.4, 0.5) is 0 Å². The van der Waals surface area contributed by atoms with Crippen molar-refractivity contribution in [1.29, 1.82) is 0 Å². The predicted molar refractivity (Wildman–Crippen MR) is 83.0 cm³/mol. The average molecular weight is 284 g/mol. The van der Waals surface area contributed by atoms with Crippen molar-refractivity contribution in [3.63, 3.8) is 0 Å². The molecule has 3 nitrogen and oxygen atoms in total. The quantitative estimate of drug-likeness (QED) is 0.795. The lowest BCUT2D eigenvalue weighted by Crippen LogP contribution is -2.02. The van der Waals surface area contributed by atoms with Gasteiger partial charge in [-0.3, -0.25) is 4.98 Å². The zero-order valence-corrected chi connectivity index (χ0v) is 12.1. The molecular weight excluding hydrogens is 268 g/mol. The Labute approximate surface area is 122 Å². The first-order valence-corrected chi connectivity index (χ1v) is 7.34. The highest BCUT2D eigenvalue weighted by Gasteiger charge is 2.11. The first-order valence-electron chi connectivity index (χ1n) is 6.52. The summed E-state index contributed by atoms with van der Waals surface area (Å²) in [5.41, 5.74) is 8.02. The Bertz CT molecular complexity index is 719. The summed E-state index contributed by atoms with van der Waals surface area (Å²) in [6.45, 7) is 3.04. The third kappa shape index (κ3) is 2.53. The van der Waals surface area contributed by atoms with E-state index < -0.39 is 0 Å². The molecular formula is C16H16N2OS. The van der Waals surface area contributed by atoms with Gasteiger partial charge >= 0.3 is 0 Å². The summed E-state index contributed by atoms with van der Waals surface area (Å²) in [6, 6.07) is 12.2. The number of nitrogens with two attached hydrogens (primary N) is 1. The smallest absolute Gasteiger partial charge is 0.138 e. The molecule has 2 heterocycles. The minimum absolute atomic E-state index is 0.529. The molecule has 0 spiro atoms. The van der Waals surface area contributed by atoms with E-state index in [-0.39, 0.29) is 0 Å². The summed E-state index contributed by atoms with van der Waals surface area (Å²) < 4.78 is 7.10. The summed E-state index contributed by atoms with van der Waals surface area (Å²) in [4.78, 5) is 5.42. The fourth-order valence-electron chi connectivity index (χ4n) is 2.17. The summed E-state index contributed by atoms with van der Waals surface area (Å²) in [5.74, 6) is 0.786. The number of hydrogen-bond acceptors (Lipinski definition) is 4. The number of rotatable bonds is 4. The Balaban J connectivity index is 1.88. The van der Waals surface area contributed by atoms with Crippen LogP contribution in [-0.4, -0.2) is 4.98 Å². The van der Waals surface area contributed by atoms with Gasteiger partial charge in [0.2, 0.25) is 0 Å². The van der Waals surface area contributed by atoms with Gasteiger partial charge in [0.15, 0.2) is 0 Å². The van der Waals surface area contributed by atoms with E-state index in [4.69, 9.17) is 10.5 Å². The second-order valence-corrected chi connectivity index (χ2v) is 5.76. The number of ether oxygens (including phenoxy) is 1. The fraction of sp³-hybridized carbons (Fsp3) is 0.188. The Morgan fingerprint density at radius 3 is 2.80 bits per heavy atom. The van der Waals surface area contributed by atoms with Crippen molar-refractivity contribution in [3.8, 4) is 5.75 Å². The number of pyridine rings is 1. The molecule has 0 radical (unpaired) electrons. The molecule has 2 N–H and O–H groups in total. The molecule has 0 unspecified atom stereocenters. The molecule has 0 bridgehead atoms. The zero-order valence-electron chi connectivity index (χ0n) is 11.3. The normalized spacial score (nSPS) is 10.9. The fourth-order valence-corrected chi connectivity index (χ4v) is 3.26. The second kappa shape index (κ2) is 5.61. The van der Waals surface area contributed by atoms with Gasteiger partial charge in [-0.2, -0.15) is 0 Å². The SMILES string of the molecule is Cc1ccc(OCc2c(CN)sc3ccccc23)cn1. The molecule has 3 rings (SSSR count). The highest BCUT2D eigenvalue weighted by Crippen LogP contribution is 2.31. The summed E-state index contributed by atoms with van der Waals surface area (Å²) in [6.07, 6.45) is 1.76. The molecule has 0 aliphatic rings. The lowest BCUT2D eigenvalue weighted by Gasteiger charge is -2.07. The number of thiophene rings is 1. The Hall–Kier alpha value is -1.91. The maximum absolute atomic E-state index is 5.85. The lowest BCUT2D eigenvalue weighted by atomic mass is 10.1. The minimum atomic E-state index is 0.529. The Morgan fingerprint density at radius 1 is 1.20 bits per heavy atom. The van der Waals surface area contributed by atoms with E-state index in [9.17, 15) is 0 Å². The van der Waals surface area contributed by atoms with Crippen molar-refractivity contribution in [2.24, 2.45) is 5.73 Å². The van der Waals surface area contributed by atoms with Gasteiger partial charge in [-0.1, -0.05) is 18.2 Å². The molecule has 3 aromatic rings. The molecule has 0 atom stereocenters. The van der Waals surface area contributed by atoms with Crippen molar-refractivity contribution in [1.82, 2.24) is 4.98 Å². The highest BCUT2D eigenvalue weighted by atomic mass is 32.1. The molecule has 4 heteroatoms.